The fourth-order valence-corrected chi connectivity index (χ4v) is 4.83. The topological polar surface area (TPSA) is 103 Å². The van der Waals surface area contributed by atoms with Crippen LogP contribution in [0.15, 0.2) is 54.9 Å². The van der Waals surface area contributed by atoms with Crippen LogP contribution in [0.3, 0.4) is 0 Å². The molecule has 2 saturated heterocycles. The van der Waals surface area contributed by atoms with Gasteiger partial charge in [-0.1, -0.05) is 30.3 Å². The Hall–Kier alpha value is -3.30. The van der Waals surface area contributed by atoms with Gasteiger partial charge in [-0.3, -0.25) is 29.2 Å². The van der Waals surface area contributed by atoms with Gasteiger partial charge in [0.15, 0.2) is 0 Å². The van der Waals surface area contributed by atoms with Gasteiger partial charge in [-0.15, -0.1) is 0 Å². The molecule has 2 aliphatic heterocycles. The smallest absolute Gasteiger partial charge is 0.240 e. The summed E-state index contributed by atoms with van der Waals surface area (Å²) in [6, 6.07) is 12.7. The van der Waals surface area contributed by atoms with Crippen molar-refractivity contribution >= 4 is 17.7 Å². The van der Waals surface area contributed by atoms with Gasteiger partial charge in [-0.05, 0) is 24.1 Å². The van der Waals surface area contributed by atoms with Crippen molar-refractivity contribution in [3.05, 3.63) is 60.4 Å². The molecular weight excluding hydrogens is 448 g/mol. The fourth-order valence-electron chi connectivity index (χ4n) is 4.83. The van der Waals surface area contributed by atoms with Gasteiger partial charge in [0.05, 0.1) is 24.8 Å². The molecule has 2 fully saturated rings. The highest BCUT2D eigenvalue weighted by molar-refractivity contribution is 6.10. The number of β-amino-alcohol motifs (C(OH)–C–C–N with tert-alkyl or cyclic N) is 1. The number of aliphatic hydroxyl groups is 1. The number of aliphatic hydroxyl groups excluding tert-OH is 1. The van der Waals surface area contributed by atoms with Crippen LogP contribution >= 0.6 is 0 Å². The Balaban J connectivity index is 1.44. The van der Waals surface area contributed by atoms with Gasteiger partial charge in [0.2, 0.25) is 17.7 Å². The Labute approximate surface area is 205 Å². The summed E-state index contributed by atoms with van der Waals surface area (Å²) in [7, 11) is 0. The molecule has 0 aliphatic carbocycles. The number of piperazine rings is 1. The maximum absolute atomic E-state index is 13.7. The second-order valence-corrected chi connectivity index (χ2v) is 8.99. The van der Waals surface area contributed by atoms with Crippen molar-refractivity contribution in [1.29, 1.82) is 0 Å². The van der Waals surface area contributed by atoms with Gasteiger partial charge in [0.1, 0.15) is 5.75 Å². The molecule has 9 nitrogen and oxygen atoms in total. The van der Waals surface area contributed by atoms with Crippen LogP contribution in [-0.2, 0) is 19.8 Å². The molecule has 0 saturated carbocycles. The number of pyridine rings is 1. The summed E-state index contributed by atoms with van der Waals surface area (Å²) < 4.78 is 5.65. The number of imide groups is 1. The van der Waals surface area contributed by atoms with Crippen molar-refractivity contribution in [1.82, 2.24) is 19.7 Å². The Morgan fingerprint density at radius 3 is 2.49 bits per heavy atom. The van der Waals surface area contributed by atoms with Crippen molar-refractivity contribution in [2.45, 2.75) is 24.7 Å². The van der Waals surface area contributed by atoms with Crippen LogP contribution in [-0.4, -0.2) is 95.0 Å². The van der Waals surface area contributed by atoms with E-state index in [2.05, 4.69) is 9.88 Å². The van der Waals surface area contributed by atoms with Gasteiger partial charge in [-0.2, -0.15) is 0 Å². The molecule has 0 unspecified atom stereocenters. The molecule has 3 amide bonds. The number of rotatable bonds is 10. The number of carbonyl (C=O) groups excluding carboxylic acids is 3. The Kier molecular flexibility index (Phi) is 8.09. The second-order valence-electron chi connectivity index (χ2n) is 8.99. The first-order chi connectivity index (χ1) is 17.0. The summed E-state index contributed by atoms with van der Waals surface area (Å²) in [6.45, 7) is 3.70. The third-order valence-corrected chi connectivity index (χ3v) is 6.76. The number of carbonyl (C=O) groups is 3. The zero-order valence-electron chi connectivity index (χ0n) is 19.8. The monoisotopic (exact) mass is 480 g/mol. The van der Waals surface area contributed by atoms with E-state index in [4.69, 9.17) is 9.84 Å². The molecule has 0 radical (unpaired) electrons. The van der Waals surface area contributed by atoms with E-state index in [0.717, 1.165) is 0 Å². The van der Waals surface area contributed by atoms with Crippen molar-refractivity contribution in [3.8, 4) is 5.75 Å². The van der Waals surface area contributed by atoms with Crippen LogP contribution in [0.2, 0.25) is 0 Å². The SMILES string of the molecule is O=C(C[C@@]1(c2ccccc2)CC(=O)N(CCCOc2cccnc2)C1=O)N1CCN(CCO)CC1. The molecule has 1 N–H and O–H groups in total. The van der Waals surface area contributed by atoms with Crippen LogP contribution in [0.5, 0.6) is 5.75 Å². The standard InChI is InChI=1S/C26H32N4O5/c31-16-15-28-11-13-29(14-12-28)23(32)18-26(21-6-2-1-3-7-21)19-24(33)30(25(26)34)10-5-17-35-22-8-4-9-27-20-22/h1-4,6-9,20,31H,5,10-19H2/t26-/m0/s1. The average Bonchev–Trinajstić information content (AvgIpc) is 3.13. The number of likely N-dealkylation sites (tertiary alicyclic amines) is 1. The van der Waals surface area contributed by atoms with Crippen molar-refractivity contribution in [3.63, 3.8) is 0 Å². The zero-order chi connectivity index (χ0) is 24.7. The van der Waals surface area contributed by atoms with E-state index >= 15 is 0 Å². The molecule has 9 heteroatoms. The molecule has 3 heterocycles. The predicted octanol–water partition coefficient (Wildman–Crippen LogP) is 1.07. The van der Waals surface area contributed by atoms with Crippen molar-refractivity contribution in [2.75, 3.05) is 52.5 Å². The maximum atomic E-state index is 13.7. The molecular formula is C26H32N4O5. The molecule has 0 spiro atoms. The summed E-state index contributed by atoms with van der Waals surface area (Å²) in [5, 5.41) is 9.15. The van der Waals surface area contributed by atoms with E-state index in [1.54, 1.807) is 29.4 Å². The number of amides is 3. The molecule has 2 aliphatic rings. The highest BCUT2D eigenvalue weighted by Gasteiger charge is 2.53. The molecule has 1 aromatic heterocycles. The number of nitrogens with zero attached hydrogens (tertiary/aromatic N) is 4. The summed E-state index contributed by atoms with van der Waals surface area (Å²) >= 11 is 0. The van der Waals surface area contributed by atoms with Gasteiger partial charge < -0.3 is 14.7 Å². The minimum Gasteiger partial charge on any atom is -0.492 e. The largest absolute Gasteiger partial charge is 0.492 e. The summed E-state index contributed by atoms with van der Waals surface area (Å²) in [4.78, 5) is 49.2. The molecule has 2 aromatic rings. The molecule has 1 aromatic carbocycles. The average molecular weight is 481 g/mol. The van der Waals surface area contributed by atoms with E-state index in [-0.39, 0.29) is 43.7 Å². The predicted molar refractivity (Wildman–Crippen MR) is 129 cm³/mol. The number of hydrogen-bond acceptors (Lipinski definition) is 7. The van der Waals surface area contributed by atoms with E-state index in [1.807, 2.05) is 30.3 Å². The van der Waals surface area contributed by atoms with Crippen LogP contribution in [0.4, 0.5) is 0 Å². The summed E-state index contributed by atoms with van der Waals surface area (Å²) in [5.41, 5.74) is -0.498. The lowest BCUT2D eigenvalue weighted by atomic mass is 9.75. The third-order valence-electron chi connectivity index (χ3n) is 6.76. The Bertz CT molecular complexity index is 1010. The van der Waals surface area contributed by atoms with E-state index in [1.165, 1.54) is 4.90 Å². The number of benzene rings is 1. The van der Waals surface area contributed by atoms with Crippen LogP contribution in [0.1, 0.15) is 24.8 Å². The first-order valence-electron chi connectivity index (χ1n) is 12.1. The normalized spacial score (nSPS) is 20.9. The maximum Gasteiger partial charge on any atom is 0.240 e. The molecule has 1 atom stereocenters. The lowest BCUT2D eigenvalue weighted by molar-refractivity contribution is -0.143. The Morgan fingerprint density at radius 1 is 1.03 bits per heavy atom. The zero-order valence-corrected chi connectivity index (χ0v) is 19.8. The van der Waals surface area contributed by atoms with Crippen LogP contribution in [0.25, 0.3) is 0 Å². The lowest BCUT2D eigenvalue weighted by Gasteiger charge is -2.36. The first-order valence-corrected chi connectivity index (χ1v) is 12.1. The van der Waals surface area contributed by atoms with Crippen LogP contribution in [0, 0.1) is 0 Å². The number of ether oxygens (including phenoxy) is 1. The first kappa shape index (κ1) is 24.8. The van der Waals surface area contributed by atoms with Gasteiger partial charge in [-0.25, -0.2) is 0 Å². The minimum absolute atomic E-state index is 0.0183. The van der Waals surface area contributed by atoms with Crippen molar-refractivity contribution < 1.29 is 24.2 Å². The molecule has 186 valence electrons. The van der Waals surface area contributed by atoms with E-state index in [9.17, 15) is 14.4 Å². The minimum atomic E-state index is -1.19. The summed E-state index contributed by atoms with van der Waals surface area (Å²) in [6.07, 6.45) is 3.70. The van der Waals surface area contributed by atoms with Gasteiger partial charge >= 0.3 is 0 Å². The highest BCUT2D eigenvalue weighted by Crippen LogP contribution is 2.40. The summed E-state index contributed by atoms with van der Waals surface area (Å²) in [5.74, 6) is -0.0709. The quantitative estimate of drug-likeness (QED) is 0.401. The number of aromatic nitrogens is 1. The molecule has 4 rings (SSSR count). The van der Waals surface area contributed by atoms with Gasteiger partial charge in [0, 0.05) is 58.3 Å². The number of hydrogen-bond donors (Lipinski definition) is 1. The molecule has 35 heavy (non-hydrogen) atoms. The van der Waals surface area contributed by atoms with E-state index < -0.39 is 5.41 Å². The third kappa shape index (κ3) is 5.68. The van der Waals surface area contributed by atoms with E-state index in [0.29, 0.717) is 57.1 Å². The fraction of sp³-hybridized carbons (Fsp3) is 0.462. The molecule has 0 bridgehead atoms. The Morgan fingerprint density at radius 2 is 1.80 bits per heavy atom. The highest BCUT2D eigenvalue weighted by atomic mass is 16.5. The lowest BCUT2D eigenvalue weighted by Crippen LogP contribution is -2.51. The van der Waals surface area contributed by atoms with Crippen molar-refractivity contribution in [2.24, 2.45) is 0 Å². The second kappa shape index (κ2) is 11.4. The van der Waals surface area contributed by atoms with Crippen LogP contribution < -0.4 is 4.74 Å². The van der Waals surface area contributed by atoms with Gasteiger partial charge in [0.25, 0.3) is 0 Å².